The van der Waals surface area contributed by atoms with Gasteiger partial charge in [-0.1, -0.05) is 43.2 Å². The monoisotopic (exact) mass is 454 g/mol. The maximum Gasteiger partial charge on any atom is 0.273 e. The molecule has 32 heavy (non-hydrogen) atoms. The van der Waals surface area contributed by atoms with Crippen LogP contribution in [0.15, 0.2) is 53.3 Å². The summed E-state index contributed by atoms with van der Waals surface area (Å²) in [4.78, 5) is 34.6. The van der Waals surface area contributed by atoms with Crippen LogP contribution in [-0.4, -0.2) is 47.6 Å². The Morgan fingerprint density at radius 3 is 2.66 bits per heavy atom. The van der Waals surface area contributed by atoms with Crippen molar-refractivity contribution in [1.82, 2.24) is 10.2 Å². The largest absolute Gasteiger partial charge is 0.352 e. The minimum absolute atomic E-state index is 0.122. The van der Waals surface area contributed by atoms with E-state index in [1.54, 1.807) is 24.8 Å². The van der Waals surface area contributed by atoms with Gasteiger partial charge >= 0.3 is 0 Å². The molecule has 0 aromatic heterocycles. The highest BCUT2D eigenvalue weighted by atomic mass is 35.5. The summed E-state index contributed by atoms with van der Waals surface area (Å²) < 4.78 is 0. The number of aliphatic imine (C=N–C) groups is 1. The minimum Gasteiger partial charge on any atom is -0.352 e. The van der Waals surface area contributed by atoms with Gasteiger partial charge < -0.3 is 15.1 Å². The molecule has 1 spiro atoms. The topological polar surface area (TPSA) is 65.0 Å². The van der Waals surface area contributed by atoms with Crippen molar-refractivity contribution in [3.63, 3.8) is 0 Å². The summed E-state index contributed by atoms with van der Waals surface area (Å²) in [5.74, 6) is -0.369. The lowest BCUT2D eigenvalue weighted by Gasteiger charge is -2.41. The lowest BCUT2D eigenvalue weighted by molar-refractivity contribution is -0.146. The molecule has 2 aliphatic heterocycles. The fraction of sp³-hybridized carbons (Fsp3) is 0.480. The third-order valence-electron chi connectivity index (χ3n) is 7.06. The number of carbonyl (C=O) groups is 2. The first kappa shape index (κ1) is 22.6. The Balaban J connectivity index is 1.70. The van der Waals surface area contributed by atoms with Crippen molar-refractivity contribution in [2.24, 2.45) is 10.4 Å². The molecule has 1 N–H and O–H groups in total. The number of rotatable bonds is 3. The van der Waals surface area contributed by atoms with Gasteiger partial charge in [-0.25, -0.2) is 4.99 Å². The van der Waals surface area contributed by atoms with Crippen LogP contribution in [0.25, 0.3) is 0 Å². The predicted octanol–water partition coefficient (Wildman–Crippen LogP) is 4.32. The van der Waals surface area contributed by atoms with E-state index in [0.717, 1.165) is 49.3 Å². The number of hydrogen-bond donors (Lipinski definition) is 1. The standard InChI is InChI=1S/C25H31ClN4O2/c1-5-20(22(31)30-14-13-27-23(32)24(30,3)4)28-21-17(2)29(16-25(21)11-6-7-12-25)19-10-8-9-18(26)15-19/h5,8-10,15H,2,6-7,11-14,16H2,1,3-4H3,(H,27,32)/b20-5-,28-21?. The highest BCUT2D eigenvalue weighted by Gasteiger charge is 2.49. The zero-order valence-electron chi connectivity index (χ0n) is 19.1. The van der Waals surface area contributed by atoms with Gasteiger partial charge in [-0.05, 0) is 51.8 Å². The number of hydrogen-bond acceptors (Lipinski definition) is 4. The van der Waals surface area contributed by atoms with Crippen LogP contribution in [0.3, 0.4) is 0 Å². The Morgan fingerprint density at radius 2 is 2.00 bits per heavy atom. The normalized spacial score (nSPS) is 23.9. The molecule has 3 fully saturated rings. The van der Waals surface area contributed by atoms with Crippen molar-refractivity contribution < 1.29 is 9.59 Å². The third kappa shape index (κ3) is 3.75. The van der Waals surface area contributed by atoms with Crippen LogP contribution in [0, 0.1) is 5.41 Å². The van der Waals surface area contributed by atoms with Gasteiger partial charge in [0.2, 0.25) is 5.91 Å². The SMILES string of the molecule is C=C1C(=N/C(=C\C)C(=O)N2CCNC(=O)C2(C)C)C2(CCCC2)CN1c1cccc(Cl)c1. The van der Waals surface area contributed by atoms with E-state index >= 15 is 0 Å². The number of nitrogens with zero attached hydrogens (tertiary/aromatic N) is 3. The number of carbonyl (C=O) groups excluding carboxylic acids is 2. The highest BCUT2D eigenvalue weighted by molar-refractivity contribution is 6.30. The van der Waals surface area contributed by atoms with Crippen molar-refractivity contribution >= 4 is 34.8 Å². The van der Waals surface area contributed by atoms with Gasteiger partial charge in [-0.3, -0.25) is 9.59 Å². The van der Waals surface area contributed by atoms with Crippen molar-refractivity contribution in [3.05, 3.63) is 53.3 Å². The molecule has 2 amide bonds. The molecule has 2 saturated heterocycles. The first-order valence-electron chi connectivity index (χ1n) is 11.3. The summed E-state index contributed by atoms with van der Waals surface area (Å²) in [6.45, 7) is 11.4. The number of nitrogens with one attached hydrogen (secondary N) is 1. The summed E-state index contributed by atoms with van der Waals surface area (Å²) >= 11 is 6.25. The van der Waals surface area contributed by atoms with Crippen LogP contribution in [0.1, 0.15) is 46.5 Å². The molecule has 2 heterocycles. The van der Waals surface area contributed by atoms with E-state index in [2.05, 4.69) is 16.8 Å². The Labute approximate surface area is 195 Å². The molecular weight excluding hydrogens is 424 g/mol. The van der Waals surface area contributed by atoms with Crippen molar-refractivity contribution in [1.29, 1.82) is 0 Å². The molecule has 1 saturated carbocycles. The van der Waals surface area contributed by atoms with Crippen LogP contribution in [0.5, 0.6) is 0 Å². The number of allylic oxidation sites excluding steroid dienone is 2. The second kappa shape index (κ2) is 8.39. The van der Waals surface area contributed by atoms with Crippen LogP contribution in [0.4, 0.5) is 5.69 Å². The average Bonchev–Trinajstić information content (AvgIpc) is 3.33. The number of halogens is 1. The second-order valence-corrected chi connectivity index (χ2v) is 9.84. The molecule has 3 aliphatic rings. The Morgan fingerprint density at radius 1 is 1.28 bits per heavy atom. The van der Waals surface area contributed by atoms with Crippen molar-refractivity contribution in [2.45, 2.75) is 52.0 Å². The molecule has 1 aromatic carbocycles. The molecule has 4 rings (SSSR count). The average molecular weight is 455 g/mol. The van der Waals surface area contributed by atoms with E-state index in [4.69, 9.17) is 16.6 Å². The fourth-order valence-electron chi connectivity index (χ4n) is 5.18. The fourth-order valence-corrected chi connectivity index (χ4v) is 5.36. The Kier molecular flexibility index (Phi) is 5.93. The van der Waals surface area contributed by atoms with Gasteiger partial charge in [-0.2, -0.15) is 0 Å². The third-order valence-corrected chi connectivity index (χ3v) is 7.30. The van der Waals surface area contributed by atoms with E-state index in [1.165, 1.54) is 0 Å². The van der Waals surface area contributed by atoms with Crippen molar-refractivity contribution in [2.75, 3.05) is 24.5 Å². The van der Waals surface area contributed by atoms with E-state index in [9.17, 15) is 9.59 Å². The molecule has 170 valence electrons. The molecule has 1 aliphatic carbocycles. The van der Waals surface area contributed by atoms with Gasteiger partial charge in [0.05, 0.1) is 11.4 Å². The van der Waals surface area contributed by atoms with E-state index in [0.29, 0.717) is 23.8 Å². The maximum absolute atomic E-state index is 13.5. The highest BCUT2D eigenvalue weighted by Crippen LogP contribution is 2.48. The van der Waals surface area contributed by atoms with Gasteiger partial charge in [0, 0.05) is 35.8 Å². The molecule has 0 radical (unpaired) electrons. The minimum atomic E-state index is -0.922. The first-order chi connectivity index (χ1) is 15.2. The predicted molar refractivity (Wildman–Crippen MR) is 129 cm³/mol. The summed E-state index contributed by atoms with van der Waals surface area (Å²) in [6.07, 6.45) is 6.05. The maximum atomic E-state index is 13.5. The number of benzene rings is 1. The molecule has 0 unspecified atom stereocenters. The van der Waals surface area contributed by atoms with Crippen LogP contribution < -0.4 is 10.2 Å². The van der Waals surface area contributed by atoms with Gasteiger partial charge in [0.15, 0.2) is 0 Å². The molecular formula is C25H31ClN4O2. The first-order valence-corrected chi connectivity index (χ1v) is 11.7. The number of piperazine rings is 1. The molecule has 7 heteroatoms. The van der Waals surface area contributed by atoms with Gasteiger partial charge in [0.1, 0.15) is 11.2 Å². The second-order valence-electron chi connectivity index (χ2n) is 9.41. The lowest BCUT2D eigenvalue weighted by atomic mass is 9.83. The molecule has 0 bridgehead atoms. The summed E-state index contributed by atoms with van der Waals surface area (Å²) in [6, 6.07) is 7.76. The quantitative estimate of drug-likeness (QED) is 0.692. The Hall–Kier alpha value is -2.60. The van der Waals surface area contributed by atoms with E-state index in [1.807, 2.05) is 31.2 Å². The van der Waals surface area contributed by atoms with Gasteiger partial charge in [-0.15, -0.1) is 0 Å². The van der Waals surface area contributed by atoms with Gasteiger partial charge in [0.25, 0.3) is 5.91 Å². The Bertz CT molecular complexity index is 1020. The number of amides is 2. The van der Waals surface area contributed by atoms with E-state index in [-0.39, 0.29) is 17.2 Å². The zero-order chi connectivity index (χ0) is 23.1. The van der Waals surface area contributed by atoms with E-state index < -0.39 is 5.54 Å². The summed E-state index contributed by atoms with van der Waals surface area (Å²) in [5, 5.41) is 3.52. The van der Waals surface area contributed by atoms with Crippen LogP contribution in [0.2, 0.25) is 5.02 Å². The summed E-state index contributed by atoms with van der Waals surface area (Å²) in [5.41, 5.74) is 2.01. The number of anilines is 1. The smallest absolute Gasteiger partial charge is 0.273 e. The lowest BCUT2D eigenvalue weighted by Crippen LogP contribution is -2.63. The van der Waals surface area contributed by atoms with Crippen LogP contribution in [-0.2, 0) is 9.59 Å². The van der Waals surface area contributed by atoms with Crippen LogP contribution >= 0.6 is 11.6 Å². The molecule has 6 nitrogen and oxygen atoms in total. The van der Waals surface area contributed by atoms with Crippen molar-refractivity contribution in [3.8, 4) is 0 Å². The summed E-state index contributed by atoms with van der Waals surface area (Å²) in [7, 11) is 0. The molecule has 0 atom stereocenters. The zero-order valence-corrected chi connectivity index (χ0v) is 19.8. The molecule has 1 aromatic rings.